The molecule has 4 aliphatic heterocycles. The first kappa shape index (κ1) is 50.0. The van der Waals surface area contributed by atoms with Crippen LogP contribution in [0.3, 0.4) is 0 Å². The molecular weight excluding hydrogens is 913 g/mol. The fourth-order valence-corrected chi connectivity index (χ4v) is 10.2. The average molecular weight is 957 g/mol. The molecule has 4 aliphatic rings. The molecule has 0 radical (unpaired) electrons. The molecule has 4 fully saturated rings. The summed E-state index contributed by atoms with van der Waals surface area (Å²) >= 11 is 0. The van der Waals surface area contributed by atoms with Crippen LogP contribution in [0.15, 0.2) is 58.3 Å². The summed E-state index contributed by atoms with van der Waals surface area (Å²) in [6, 6.07) is 8.52. The fraction of sp³-hybridized carbons (Fsp3) is 0.611. The third-order valence-electron chi connectivity index (χ3n) is 10.8. The molecule has 3 atom stereocenters. The van der Waals surface area contributed by atoms with Crippen molar-refractivity contribution < 1.29 is 95.8 Å². The number of alkyl halides is 6. The summed E-state index contributed by atoms with van der Waals surface area (Å²) in [5, 5.41) is 27.8. The molecule has 3 N–H and O–H groups in total. The van der Waals surface area contributed by atoms with Gasteiger partial charge in [-0.1, -0.05) is 0 Å². The van der Waals surface area contributed by atoms with Crippen LogP contribution in [-0.2, 0) is 39.0 Å². The molecule has 0 saturated carbocycles. The SMILES string of the molecule is O=C(O[C@H](CO)C(F)(F)F)N1CCC2(CC1)CN(S(=O)(=O)c1ccc(F)cc1)C(O)CO2.O=C(O[C@H](CO)C(F)(F)F)N1CCC2(CC1)CN(S(=O)(=O)c1ccc(F)cc1)CCO2. The Labute approximate surface area is 355 Å². The lowest BCUT2D eigenvalue weighted by Gasteiger charge is -2.48. The first-order valence-corrected chi connectivity index (χ1v) is 22.0. The maximum atomic E-state index is 13.2. The normalized spacial score (nSPS) is 22.2. The van der Waals surface area contributed by atoms with Crippen molar-refractivity contribution in [3.63, 3.8) is 0 Å². The van der Waals surface area contributed by atoms with Gasteiger partial charge in [0, 0.05) is 45.8 Å². The van der Waals surface area contributed by atoms with Gasteiger partial charge in [-0.25, -0.2) is 35.2 Å². The van der Waals surface area contributed by atoms with E-state index in [0.29, 0.717) is 0 Å². The number of aliphatic hydroxyl groups excluding tert-OH is 3. The predicted octanol–water partition coefficient (Wildman–Crippen LogP) is 2.80. The van der Waals surface area contributed by atoms with E-state index in [0.717, 1.165) is 50.5 Å². The predicted molar refractivity (Wildman–Crippen MR) is 197 cm³/mol. The summed E-state index contributed by atoms with van der Waals surface area (Å²) in [6.45, 7) is -3.40. The first-order valence-electron chi connectivity index (χ1n) is 19.1. The molecule has 1 unspecified atom stereocenters. The Hall–Kier alpha value is -3.96. The number of hydrogen-bond donors (Lipinski definition) is 3. The zero-order chi connectivity index (χ0) is 46.6. The number of halogens is 8. The second-order valence-electron chi connectivity index (χ2n) is 15.0. The molecular formula is C36H44F8N4O13S2. The number of likely N-dealkylation sites (tertiary alicyclic amines) is 2. The molecule has 63 heavy (non-hydrogen) atoms. The van der Waals surface area contributed by atoms with E-state index in [9.17, 15) is 66.7 Å². The van der Waals surface area contributed by atoms with E-state index in [1.165, 1.54) is 16.4 Å². The van der Waals surface area contributed by atoms with Crippen molar-refractivity contribution in [2.45, 2.75) is 77.5 Å². The van der Waals surface area contributed by atoms with Crippen molar-refractivity contribution in [1.82, 2.24) is 18.4 Å². The van der Waals surface area contributed by atoms with Gasteiger partial charge in [0.05, 0.1) is 47.4 Å². The Bertz CT molecular complexity index is 2100. The zero-order valence-electron chi connectivity index (χ0n) is 33.0. The summed E-state index contributed by atoms with van der Waals surface area (Å²) in [7, 11) is -8.08. The first-order chi connectivity index (χ1) is 29.3. The molecule has 0 aliphatic carbocycles. The number of piperidine rings is 2. The number of amides is 2. The molecule has 2 aromatic carbocycles. The maximum absolute atomic E-state index is 13.2. The molecule has 27 heteroatoms. The van der Waals surface area contributed by atoms with Crippen LogP contribution in [0.1, 0.15) is 25.7 Å². The fourth-order valence-electron chi connectivity index (χ4n) is 7.13. The summed E-state index contributed by atoms with van der Waals surface area (Å²) in [4.78, 5) is 25.9. The average Bonchev–Trinajstić information content (AvgIpc) is 3.23. The molecule has 0 aromatic heterocycles. The molecule has 354 valence electrons. The van der Waals surface area contributed by atoms with Crippen LogP contribution >= 0.6 is 0 Å². The number of carbonyl (C=O) groups is 2. The van der Waals surface area contributed by atoms with Gasteiger partial charge in [-0.15, -0.1) is 0 Å². The van der Waals surface area contributed by atoms with Crippen molar-refractivity contribution in [1.29, 1.82) is 0 Å². The molecule has 6 rings (SSSR count). The molecule has 0 bridgehead atoms. The van der Waals surface area contributed by atoms with Gasteiger partial charge in [0.2, 0.25) is 32.3 Å². The molecule has 2 aromatic rings. The van der Waals surface area contributed by atoms with Crippen LogP contribution in [0.5, 0.6) is 0 Å². The molecule has 4 saturated heterocycles. The number of benzene rings is 2. The third kappa shape index (κ3) is 12.0. The van der Waals surface area contributed by atoms with Gasteiger partial charge in [-0.2, -0.15) is 35.0 Å². The number of morpholine rings is 2. The standard InChI is InChI=1S/C18H22F4N2O7S.C18H22F4N2O6S/c19-12-1-3-13(4-2-12)32(28,29)24-11-17(30-10-15(24)26)5-7-23(8-6-17)16(27)31-14(9-25)18(20,21)22;19-13-1-3-14(4-2-13)31(27,28)24-9-10-29-17(12-24)5-7-23(8-6-17)16(26)30-15(11-25)18(20,21)22/h1-4,14-15,25-26H,5-11H2;1-4,15,25H,5-12H2/t14-,15?;15-/m11/s1. The maximum Gasteiger partial charge on any atom is 0.427 e. The third-order valence-corrected chi connectivity index (χ3v) is 14.5. The smallest absolute Gasteiger partial charge is 0.427 e. The Morgan fingerprint density at radius 3 is 1.46 bits per heavy atom. The lowest BCUT2D eigenvalue weighted by atomic mass is 9.90. The Kier molecular flexibility index (Phi) is 15.6. The van der Waals surface area contributed by atoms with Crippen molar-refractivity contribution in [3.05, 3.63) is 60.2 Å². The van der Waals surface area contributed by atoms with Crippen LogP contribution < -0.4 is 0 Å². The van der Waals surface area contributed by atoms with Crippen LogP contribution in [0, 0.1) is 11.6 Å². The van der Waals surface area contributed by atoms with E-state index in [-0.39, 0.29) is 94.5 Å². The Morgan fingerprint density at radius 1 is 0.667 bits per heavy atom. The van der Waals surface area contributed by atoms with Gasteiger partial charge in [0.1, 0.15) is 17.9 Å². The van der Waals surface area contributed by atoms with Crippen LogP contribution in [0.4, 0.5) is 44.7 Å². The number of carbonyl (C=O) groups excluding carboxylic acids is 2. The number of aliphatic hydroxyl groups is 3. The number of hydrogen-bond acceptors (Lipinski definition) is 13. The largest absolute Gasteiger partial charge is 0.434 e. The molecule has 2 spiro atoms. The number of nitrogens with zero attached hydrogens (tertiary/aromatic N) is 4. The van der Waals surface area contributed by atoms with Crippen LogP contribution in [-0.4, -0.2) is 177 Å². The summed E-state index contributed by atoms with van der Waals surface area (Å²) in [5.41, 5.74) is -1.98. The molecule has 17 nitrogen and oxygen atoms in total. The lowest BCUT2D eigenvalue weighted by Crippen LogP contribution is -2.61. The van der Waals surface area contributed by atoms with E-state index in [2.05, 4.69) is 9.47 Å². The van der Waals surface area contributed by atoms with Crippen molar-refractivity contribution >= 4 is 32.2 Å². The van der Waals surface area contributed by atoms with Gasteiger partial charge in [-0.3, -0.25) is 0 Å². The number of rotatable bonds is 8. The van der Waals surface area contributed by atoms with Crippen molar-refractivity contribution in [2.75, 3.05) is 72.2 Å². The number of ether oxygens (including phenoxy) is 4. The molecule has 4 heterocycles. The molecule has 2 amide bonds. The minimum absolute atomic E-state index is 0.000719. The highest BCUT2D eigenvalue weighted by Gasteiger charge is 2.50. The second-order valence-corrected chi connectivity index (χ2v) is 18.8. The van der Waals surface area contributed by atoms with E-state index in [1.54, 1.807) is 0 Å². The van der Waals surface area contributed by atoms with Gasteiger partial charge in [-0.05, 0) is 74.2 Å². The van der Waals surface area contributed by atoms with Gasteiger partial charge < -0.3 is 44.1 Å². The monoisotopic (exact) mass is 956 g/mol. The van der Waals surface area contributed by atoms with Gasteiger partial charge in [0.25, 0.3) is 0 Å². The number of sulfonamides is 2. The highest BCUT2D eigenvalue weighted by Crippen LogP contribution is 2.36. The van der Waals surface area contributed by atoms with Crippen LogP contribution in [0.2, 0.25) is 0 Å². The summed E-state index contributed by atoms with van der Waals surface area (Å²) in [6.07, 6.45) is -18.5. The minimum atomic E-state index is -4.92. The highest BCUT2D eigenvalue weighted by atomic mass is 32.2. The van der Waals surface area contributed by atoms with Crippen molar-refractivity contribution in [2.24, 2.45) is 0 Å². The second kappa shape index (κ2) is 19.6. The van der Waals surface area contributed by atoms with E-state index >= 15 is 0 Å². The van der Waals surface area contributed by atoms with Crippen LogP contribution in [0.25, 0.3) is 0 Å². The van der Waals surface area contributed by atoms with E-state index in [4.69, 9.17) is 19.7 Å². The highest BCUT2D eigenvalue weighted by molar-refractivity contribution is 7.89. The minimum Gasteiger partial charge on any atom is -0.434 e. The Balaban J connectivity index is 0.000000238. The quantitative estimate of drug-likeness (QED) is 0.326. The lowest BCUT2D eigenvalue weighted by molar-refractivity contribution is -0.216. The van der Waals surface area contributed by atoms with Gasteiger partial charge >= 0.3 is 24.5 Å². The topological polar surface area (TPSA) is 213 Å². The van der Waals surface area contributed by atoms with E-state index < -0.39 is 99.1 Å². The zero-order valence-corrected chi connectivity index (χ0v) is 34.6. The summed E-state index contributed by atoms with van der Waals surface area (Å²) < 4.78 is 176. The Morgan fingerprint density at radius 2 is 1.06 bits per heavy atom. The van der Waals surface area contributed by atoms with Gasteiger partial charge in [0.15, 0.2) is 0 Å². The summed E-state index contributed by atoms with van der Waals surface area (Å²) in [5.74, 6) is -1.19. The van der Waals surface area contributed by atoms with E-state index in [1.807, 2.05) is 0 Å². The van der Waals surface area contributed by atoms with Crippen molar-refractivity contribution in [3.8, 4) is 0 Å².